The van der Waals surface area contributed by atoms with Crippen LogP contribution in [0, 0.1) is 18.8 Å². The first-order chi connectivity index (χ1) is 16.2. The van der Waals surface area contributed by atoms with Gasteiger partial charge in [-0.3, -0.25) is 9.59 Å². The molecule has 9 nitrogen and oxygen atoms in total. The summed E-state index contributed by atoms with van der Waals surface area (Å²) in [5, 5.41) is 0. The van der Waals surface area contributed by atoms with E-state index in [1.807, 2.05) is 6.92 Å². The molecule has 0 bridgehead atoms. The maximum absolute atomic E-state index is 14.0. The fraction of sp³-hybridized carbons (Fsp3) is 0.417. The highest BCUT2D eigenvalue weighted by molar-refractivity contribution is 7.89. The molecule has 4 atom stereocenters. The molecule has 34 heavy (non-hydrogen) atoms. The highest BCUT2D eigenvalue weighted by Crippen LogP contribution is 2.50. The van der Waals surface area contributed by atoms with Crippen molar-refractivity contribution >= 4 is 22.0 Å². The second-order valence-corrected chi connectivity index (χ2v) is 9.78. The van der Waals surface area contributed by atoms with Crippen molar-refractivity contribution in [2.24, 2.45) is 11.8 Å². The molecule has 1 heterocycles. The summed E-state index contributed by atoms with van der Waals surface area (Å²) in [6.07, 6.45) is -1.10. The Morgan fingerprint density at radius 1 is 0.853 bits per heavy atom. The Morgan fingerprint density at radius 3 is 1.91 bits per heavy atom. The van der Waals surface area contributed by atoms with Gasteiger partial charge in [0.2, 0.25) is 10.0 Å². The third kappa shape index (κ3) is 4.58. The van der Waals surface area contributed by atoms with Crippen molar-refractivity contribution in [3.63, 3.8) is 0 Å². The standard InChI is InChI=1S/C24H29NO8S/c1-15-11-13-17(14-12-15)34(28,29)25-20(16-9-7-6-8-10-16)18(22(26)30-2)19(24(32-4)33-5)21(25)23(27)31-3/h6-14,18-21,24H,1-5H3/t18-,19-,20-,21-/m1/s1. The molecule has 0 unspecified atom stereocenters. The number of nitrogens with zero attached hydrogens (tertiary/aromatic N) is 1. The zero-order chi connectivity index (χ0) is 25.0. The van der Waals surface area contributed by atoms with Gasteiger partial charge in [-0.25, -0.2) is 8.42 Å². The summed E-state index contributed by atoms with van der Waals surface area (Å²) in [6, 6.07) is 12.4. The third-order valence-corrected chi connectivity index (χ3v) is 7.98. The molecule has 0 spiro atoms. The third-order valence-electron chi connectivity index (χ3n) is 6.10. The second-order valence-electron chi connectivity index (χ2n) is 7.94. The molecule has 1 fully saturated rings. The maximum Gasteiger partial charge on any atom is 0.324 e. The minimum atomic E-state index is -4.30. The van der Waals surface area contributed by atoms with Crippen molar-refractivity contribution in [2.75, 3.05) is 28.4 Å². The van der Waals surface area contributed by atoms with Crippen LogP contribution in [0.15, 0.2) is 59.5 Å². The van der Waals surface area contributed by atoms with Crippen LogP contribution < -0.4 is 0 Å². The van der Waals surface area contributed by atoms with Gasteiger partial charge in [0, 0.05) is 14.2 Å². The number of esters is 2. The van der Waals surface area contributed by atoms with Gasteiger partial charge in [0.15, 0.2) is 6.29 Å². The van der Waals surface area contributed by atoms with Crippen LogP contribution in [0.3, 0.4) is 0 Å². The minimum absolute atomic E-state index is 0.0245. The summed E-state index contributed by atoms with van der Waals surface area (Å²) in [7, 11) is 0.773. The topological polar surface area (TPSA) is 108 Å². The number of hydrogen-bond acceptors (Lipinski definition) is 8. The van der Waals surface area contributed by atoms with E-state index in [-0.39, 0.29) is 4.90 Å². The molecule has 0 aliphatic carbocycles. The van der Waals surface area contributed by atoms with E-state index in [9.17, 15) is 18.0 Å². The van der Waals surface area contributed by atoms with Crippen molar-refractivity contribution in [2.45, 2.75) is 30.2 Å². The van der Waals surface area contributed by atoms with E-state index in [0.29, 0.717) is 5.56 Å². The van der Waals surface area contributed by atoms with Crippen LogP contribution >= 0.6 is 0 Å². The van der Waals surface area contributed by atoms with Crippen LogP contribution in [0.5, 0.6) is 0 Å². The van der Waals surface area contributed by atoms with Crippen LogP contribution in [0.2, 0.25) is 0 Å². The second kappa shape index (κ2) is 10.6. The molecule has 0 aromatic heterocycles. The first-order valence-electron chi connectivity index (χ1n) is 10.6. The van der Waals surface area contributed by atoms with E-state index < -0.39 is 52.2 Å². The van der Waals surface area contributed by atoms with Crippen molar-refractivity contribution in [1.82, 2.24) is 4.31 Å². The normalized spacial score (nSPS) is 23.1. The number of sulfonamides is 1. The van der Waals surface area contributed by atoms with Crippen LogP contribution in [-0.4, -0.2) is 65.4 Å². The van der Waals surface area contributed by atoms with Gasteiger partial charge in [-0.2, -0.15) is 4.31 Å². The van der Waals surface area contributed by atoms with E-state index in [2.05, 4.69) is 0 Å². The molecule has 0 N–H and O–H groups in total. The number of aryl methyl sites for hydroxylation is 1. The summed E-state index contributed by atoms with van der Waals surface area (Å²) < 4.78 is 50.1. The molecule has 2 aromatic rings. The van der Waals surface area contributed by atoms with Crippen molar-refractivity contribution in [3.8, 4) is 0 Å². The fourth-order valence-corrected chi connectivity index (χ4v) is 6.38. The van der Waals surface area contributed by atoms with Gasteiger partial charge < -0.3 is 18.9 Å². The molecule has 1 aliphatic rings. The summed E-state index contributed by atoms with van der Waals surface area (Å²) in [6.45, 7) is 1.83. The summed E-state index contributed by atoms with van der Waals surface area (Å²) in [4.78, 5) is 26.3. The molecule has 184 valence electrons. The lowest BCUT2D eigenvalue weighted by atomic mass is 9.83. The lowest BCUT2D eigenvalue weighted by molar-refractivity contribution is -0.174. The Morgan fingerprint density at radius 2 is 1.41 bits per heavy atom. The number of carbonyl (C=O) groups is 2. The zero-order valence-electron chi connectivity index (χ0n) is 19.7. The summed E-state index contributed by atoms with van der Waals surface area (Å²) >= 11 is 0. The Hall–Kier alpha value is -2.79. The van der Waals surface area contributed by atoms with E-state index in [4.69, 9.17) is 18.9 Å². The molecule has 0 radical (unpaired) electrons. The summed E-state index contributed by atoms with van der Waals surface area (Å²) in [5.41, 5.74) is 1.38. The quantitative estimate of drug-likeness (QED) is 0.409. The molecule has 10 heteroatoms. The summed E-state index contributed by atoms with van der Waals surface area (Å²) in [5.74, 6) is -3.72. The molecule has 0 saturated carbocycles. The number of methoxy groups -OCH3 is 4. The molecule has 1 aliphatic heterocycles. The Balaban J connectivity index is 2.35. The highest BCUT2D eigenvalue weighted by atomic mass is 32.2. The van der Waals surface area contributed by atoms with Crippen LogP contribution in [0.1, 0.15) is 17.2 Å². The molecular formula is C24H29NO8S. The average Bonchev–Trinajstić information content (AvgIpc) is 3.21. The van der Waals surface area contributed by atoms with Crippen molar-refractivity contribution in [3.05, 3.63) is 65.7 Å². The minimum Gasteiger partial charge on any atom is -0.469 e. The molecule has 1 saturated heterocycles. The number of benzene rings is 2. The first-order valence-corrected chi connectivity index (χ1v) is 12.0. The SMILES string of the molecule is COC(=O)[C@@H]1[C@@H](C(OC)OC)[C@H](C(=O)OC)N(S(=O)(=O)c2ccc(C)cc2)[C@@H]1c1ccccc1. The molecule has 0 amide bonds. The number of hydrogen-bond donors (Lipinski definition) is 0. The van der Waals surface area contributed by atoms with Crippen LogP contribution in [0.4, 0.5) is 0 Å². The van der Waals surface area contributed by atoms with Crippen LogP contribution in [-0.2, 0) is 38.6 Å². The van der Waals surface area contributed by atoms with Crippen molar-refractivity contribution < 1.29 is 37.0 Å². The maximum atomic E-state index is 14.0. The largest absolute Gasteiger partial charge is 0.469 e. The van der Waals surface area contributed by atoms with E-state index >= 15 is 0 Å². The van der Waals surface area contributed by atoms with Gasteiger partial charge in [0.1, 0.15) is 6.04 Å². The number of rotatable bonds is 8. The Bertz CT molecular complexity index is 1100. The monoisotopic (exact) mass is 491 g/mol. The van der Waals surface area contributed by atoms with Gasteiger partial charge in [0.25, 0.3) is 0 Å². The van der Waals surface area contributed by atoms with Gasteiger partial charge in [-0.1, -0.05) is 48.0 Å². The lowest BCUT2D eigenvalue weighted by Gasteiger charge is -2.30. The number of ether oxygens (including phenoxy) is 4. The lowest BCUT2D eigenvalue weighted by Crippen LogP contribution is -2.48. The highest BCUT2D eigenvalue weighted by Gasteiger charge is 2.63. The molecule has 3 rings (SSSR count). The van der Waals surface area contributed by atoms with E-state index in [1.165, 1.54) is 33.5 Å². The van der Waals surface area contributed by atoms with Crippen LogP contribution in [0.25, 0.3) is 0 Å². The average molecular weight is 492 g/mol. The van der Waals surface area contributed by atoms with Gasteiger partial charge in [-0.15, -0.1) is 0 Å². The smallest absolute Gasteiger partial charge is 0.324 e. The Labute approximate surface area is 199 Å². The van der Waals surface area contributed by atoms with Gasteiger partial charge >= 0.3 is 11.9 Å². The molecule has 2 aromatic carbocycles. The fourth-order valence-electron chi connectivity index (χ4n) is 4.58. The predicted octanol–water partition coefficient (Wildman–Crippen LogP) is 2.31. The van der Waals surface area contributed by atoms with E-state index in [0.717, 1.165) is 17.0 Å². The Kier molecular flexibility index (Phi) is 8.09. The van der Waals surface area contributed by atoms with Gasteiger partial charge in [0.05, 0.1) is 37.0 Å². The van der Waals surface area contributed by atoms with Gasteiger partial charge in [-0.05, 0) is 24.6 Å². The van der Waals surface area contributed by atoms with E-state index in [1.54, 1.807) is 42.5 Å². The predicted molar refractivity (Wildman–Crippen MR) is 122 cm³/mol. The zero-order valence-corrected chi connectivity index (χ0v) is 20.5. The first kappa shape index (κ1) is 25.8. The number of carbonyl (C=O) groups excluding carboxylic acids is 2. The van der Waals surface area contributed by atoms with Crippen molar-refractivity contribution in [1.29, 1.82) is 0 Å². The molecular weight excluding hydrogens is 462 g/mol.